The van der Waals surface area contributed by atoms with Crippen molar-refractivity contribution in [1.82, 2.24) is 16.0 Å². The highest BCUT2D eigenvalue weighted by Crippen LogP contribution is 2.02. The van der Waals surface area contributed by atoms with E-state index in [0.29, 0.717) is 0 Å². The van der Waals surface area contributed by atoms with E-state index in [9.17, 15) is 29.1 Å². The van der Waals surface area contributed by atoms with E-state index in [-0.39, 0.29) is 11.7 Å². The normalized spacial score (nSPS) is 16.1. The molecule has 0 aliphatic heterocycles. The van der Waals surface area contributed by atoms with E-state index in [1.165, 1.54) is 6.92 Å². The monoisotopic (exact) mass is 435 g/mol. The number of hydrogen-bond donors (Lipinski definition) is 8. The fourth-order valence-corrected chi connectivity index (χ4v) is 2.34. The van der Waals surface area contributed by atoms with Gasteiger partial charge >= 0.3 is 5.97 Å². The first-order valence-corrected chi connectivity index (χ1v) is 9.41. The molecule has 9 N–H and O–H groups in total. The maximum absolute atomic E-state index is 12.5. The summed E-state index contributed by atoms with van der Waals surface area (Å²) in [6.07, 6.45) is -1.96. The lowest BCUT2D eigenvalue weighted by Gasteiger charge is -2.26. The van der Waals surface area contributed by atoms with E-state index in [1.54, 1.807) is 13.8 Å². The van der Waals surface area contributed by atoms with E-state index < -0.39 is 66.3 Å². The zero-order chi connectivity index (χ0) is 22.9. The maximum Gasteiger partial charge on any atom is 0.326 e. The number of hydrogen-bond acceptors (Lipinski definition) is 8. The first-order valence-electron chi connectivity index (χ1n) is 8.78. The molecule has 0 spiro atoms. The number of aliphatic hydroxyl groups excluding tert-OH is 1. The Bertz CT molecular complexity index is 629. The second kappa shape index (κ2) is 12.2. The van der Waals surface area contributed by atoms with Crippen LogP contribution in [0.5, 0.6) is 0 Å². The number of carboxylic acids is 1. The Kier molecular flexibility index (Phi) is 11.2. The van der Waals surface area contributed by atoms with Crippen LogP contribution < -0.4 is 27.4 Å². The summed E-state index contributed by atoms with van der Waals surface area (Å²) in [4.78, 5) is 58.8. The molecule has 5 atom stereocenters. The minimum absolute atomic E-state index is 0.220. The van der Waals surface area contributed by atoms with Crippen molar-refractivity contribution in [3.63, 3.8) is 0 Å². The SMILES string of the molecule is CC(C)C(N)C(=O)NC(C(=O)NC(CS)C(=O)NC(CC(N)=O)C(=O)O)C(C)O. The van der Waals surface area contributed by atoms with E-state index >= 15 is 0 Å². The van der Waals surface area contributed by atoms with Gasteiger partial charge in [0, 0.05) is 5.75 Å². The molecule has 166 valence electrons. The number of nitrogens with one attached hydrogen (secondary N) is 3. The van der Waals surface area contributed by atoms with Gasteiger partial charge in [-0.2, -0.15) is 12.6 Å². The molecule has 0 bridgehead atoms. The number of aliphatic hydroxyl groups is 1. The zero-order valence-electron chi connectivity index (χ0n) is 16.4. The van der Waals surface area contributed by atoms with E-state index in [2.05, 4.69) is 28.6 Å². The third-order valence-corrected chi connectivity index (χ3v) is 4.28. The van der Waals surface area contributed by atoms with Crippen LogP contribution in [0.15, 0.2) is 0 Å². The zero-order valence-corrected chi connectivity index (χ0v) is 17.3. The number of carboxylic acid groups (broad SMARTS) is 1. The van der Waals surface area contributed by atoms with Crippen molar-refractivity contribution in [3.05, 3.63) is 0 Å². The lowest BCUT2D eigenvalue weighted by atomic mass is 10.0. The number of amides is 4. The summed E-state index contributed by atoms with van der Waals surface area (Å²) < 4.78 is 0. The molecule has 29 heavy (non-hydrogen) atoms. The molecule has 0 aliphatic carbocycles. The number of carbonyl (C=O) groups is 5. The molecule has 0 aromatic heterocycles. The van der Waals surface area contributed by atoms with Crippen LogP contribution in [0, 0.1) is 5.92 Å². The Labute approximate surface area is 173 Å². The van der Waals surface area contributed by atoms with Crippen molar-refractivity contribution >= 4 is 42.2 Å². The molecule has 0 aromatic carbocycles. The molecule has 0 saturated carbocycles. The number of nitrogens with two attached hydrogens (primary N) is 2. The first kappa shape index (κ1) is 26.6. The summed E-state index contributed by atoms with van der Waals surface area (Å²) in [6.45, 7) is 4.66. The van der Waals surface area contributed by atoms with Gasteiger partial charge in [0.25, 0.3) is 0 Å². The summed E-state index contributed by atoms with van der Waals surface area (Å²) in [5.41, 5.74) is 10.7. The molecule has 12 nitrogen and oxygen atoms in total. The Hall–Kier alpha value is -2.38. The lowest BCUT2D eigenvalue weighted by molar-refractivity contribution is -0.143. The summed E-state index contributed by atoms with van der Waals surface area (Å²) in [5, 5.41) is 25.5. The Balaban J connectivity index is 5.20. The number of rotatable bonds is 12. The van der Waals surface area contributed by atoms with Crippen molar-refractivity contribution in [1.29, 1.82) is 0 Å². The van der Waals surface area contributed by atoms with Crippen molar-refractivity contribution in [2.75, 3.05) is 5.75 Å². The van der Waals surface area contributed by atoms with Crippen molar-refractivity contribution in [2.45, 2.75) is 57.5 Å². The summed E-state index contributed by atoms with van der Waals surface area (Å²) in [7, 11) is 0. The van der Waals surface area contributed by atoms with Crippen molar-refractivity contribution in [3.8, 4) is 0 Å². The molecular formula is C16H29N5O7S. The van der Waals surface area contributed by atoms with Crippen LogP contribution in [0.3, 0.4) is 0 Å². The highest BCUT2D eigenvalue weighted by atomic mass is 32.1. The van der Waals surface area contributed by atoms with E-state index in [0.717, 1.165) is 0 Å². The number of aliphatic carboxylic acids is 1. The van der Waals surface area contributed by atoms with Gasteiger partial charge in [-0.1, -0.05) is 13.8 Å². The van der Waals surface area contributed by atoms with Crippen LogP contribution in [0.2, 0.25) is 0 Å². The van der Waals surface area contributed by atoms with Crippen LogP contribution in [0.1, 0.15) is 27.2 Å². The highest BCUT2D eigenvalue weighted by Gasteiger charge is 2.32. The van der Waals surface area contributed by atoms with Crippen molar-refractivity contribution in [2.24, 2.45) is 17.4 Å². The molecule has 0 aliphatic rings. The smallest absolute Gasteiger partial charge is 0.326 e. The Morgan fingerprint density at radius 3 is 1.83 bits per heavy atom. The van der Waals surface area contributed by atoms with E-state index in [1.807, 2.05) is 0 Å². The molecule has 13 heteroatoms. The number of carbonyl (C=O) groups excluding carboxylic acids is 4. The molecule has 0 heterocycles. The topological polar surface area (TPSA) is 214 Å². The largest absolute Gasteiger partial charge is 0.480 e. The van der Waals surface area contributed by atoms with Gasteiger partial charge in [0.2, 0.25) is 23.6 Å². The first-order chi connectivity index (χ1) is 13.3. The molecule has 0 fully saturated rings. The van der Waals surface area contributed by atoms with E-state index in [4.69, 9.17) is 16.6 Å². The average molecular weight is 436 g/mol. The van der Waals surface area contributed by atoms with Gasteiger partial charge in [-0.05, 0) is 12.8 Å². The van der Waals surface area contributed by atoms with Gasteiger partial charge in [0.05, 0.1) is 18.6 Å². The minimum Gasteiger partial charge on any atom is -0.480 e. The summed E-state index contributed by atoms with van der Waals surface area (Å²) in [6, 6.07) is -5.23. The molecule has 4 amide bonds. The second-order valence-electron chi connectivity index (χ2n) is 6.81. The van der Waals surface area contributed by atoms with Gasteiger partial charge in [0.15, 0.2) is 0 Å². The molecule has 0 radical (unpaired) electrons. The average Bonchev–Trinajstić information content (AvgIpc) is 2.61. The number of primary amides is 1. The number of thiol groups is 1. The summed E-state index contributed by atoms with van der Waals surface area (Å²) in [5.74, 6) is -5.38. The van der Waals surface area contributed by atoms with Crippen LogP contribution in [0.4, 0.5) is 0 Å². The molecule has 0 aromatic rings. The summed E-state index contributed by atoms with van der Waals surface area (Å²) >= 11 is 3.94. The fraction of sp³-hybridized carbons (Fsp3) is 0.688. The van der Waals surface area contributed by atoms with Crippen LogP contribution in [-0.4, -0.2) is 75.8 Å². The predicted molar refractivity (Wildman–Crippen MR) is 106 cm³/mol. The Morgan fingerprint density at radius 2 is 1.45 bits per heavy atom. The van der Waals surface area contributed by atoms with Gasteiger partial charge in [0.1, 0.15) is 18.1 Å². The molecule has 5 unspecified atom stereocenters. The molecular weight excluding hydrogens is 406 g/mol. The molecule has 0 saturated heterocycles. The van der Waals surface area contributed by atoms with Gasteiger partial charge < -0.3 is 37.6 Å². The van der Waals surface area contributed by atoms with Gasteiger partial charge in [-0.25, -0.2) is 4.79 Å². The van der Waals surface area contributed by atoms with Crippen LogP contribution in [-0.2, 0) is 24.0 Å². The standard InChI is InChI=1S/C16H29N5O7S/c1-6(2)11(18)14(25)21-12(7(3)22)15(26)20-9(5-29)13(24)19-8(16(27)28)4-10(17)23/h6-9,11-12,22,29H,4-5,18H2,1-3H3,(H2,17,23)(H,19,24)(H,20,26)(H,21,25)(H,27,28). The maximum atomic E-state index is 12.5. The van der Waals surface area contributed by atoms with Crippen LogP contribution in [0.25, 0.3) is 0 Å². The van der Waals surface area contributed by atoms with Gasteiger partial charge in [-0.15, -0.1) is 0 Å². The second-order valence-corrected chi connectivity index (χ2v) is 7.18. The van der Waals surface area contributed by atoms with Crippen LogP contribution >= 0.6 is 12.6 Å². The quantitative estimate of drug-likeness (QED) is 0.145. The highest BCUT2D eigenvalue weighted by molar-refractivity contribution is 7.80. The van der Waals surface area contributed by atoms with Crippen molar-refractivity contribution < 1.29 is 34.2 Å². The lowest BCUT2D eigenvalue weighted by Crippen LogP contribution is -2.60. The van der Waals surface area contributed by atoms with Gasteiger partial charge in [-0.3, -0.25) is 19.2 Å². The third-order valence-electron chi connectivity index (χ3n) is 3.92. The predicted octanol–water partition coefficient (Wildman–Crippen LogP) is -3.31. The minimum atomic E-state index is -1.59. The third kappa shape index (κ3) is 9.11. The fourth-order valence-electron chi connectivity index (χ4n) is 2.09. The molecule has 0 rings (SSSR count). The Morgan fingerprint density at radius 1 is 0.931 bits per heavy atom.